The van der Waals surface area contributed by atoms with Gasteiger partial charge < -0.3 is 14.6 Å². The standard InChI is InChI=1S/C20H26ClN3O3/c1-14(20-23-19(24-27-20)15-6-3-2-4-7-15)22-18(25)8-5-13-26-17-11-9-16(21)10-12-17/h9-12,14-15H,2-8,13H2,1H3,(H,22,25)/t14-/m1/s1. The molecule has 0 unspecified atom stereocenters. The first-order valence-electron chi connectivity index (χ1n) is 9.63. The van der Waals surface area contributed by atoms with Crippen molar-refractivity contribution in [3.05, 3.63) is 41.0 Å². The monoisotopic (exact) mass is 391 g/mol. The fourth-order valence-corrected chi connectivity index (χ4v) is 3.40. The average molecular weight is 392 g/mol. The van der Waals surface area contributed by atoms with Crippen LogP contribution >= 0.6 is 11.6 Å². The number of carbonyl (C=O) groups is 1. The Morgan fingerprint density at radius 1 is 1.30 bits per heavy atom. The first-order chi connectivity index (χ1) is 13.1. The van der Waals surface area contributed by atoms with Crippen molar-refractivity contribution in [2.24, 2.45) is 0 Å². The molecule has 1 aliphatic rings. The van der Waals surface area contributed by atoms with Crippen molar-refractivity contribution in [1.82, 2.24) is 15.5 Å². The molecule has 2 aromatic rings. The molecule has 1 aromatic carbocycles. The number of hydrogen-bond acceptors (Lipinski definition) is 5. The van der Waals surface area contributed by atoms with E-state index >= 15 is 0 Å². The summed E-state index contributed by atoms with van der Waals surface area (Å²) in [6.07, 6.45) is 6.97. The van der Waals surface area contributed by atoms with Crippen molar-refractivity contribution >= 4 is 17.5 Å². The molecule has 0 spiro atoms. The summed E-state index contributed by atoms with van der Waals surface area (Å²) in [6, 6.07) is 6.88. The Morgan fingerprint density at radius 3 is 2.78 bits per heavy atom. The third-order valence-electron chi connectivity index (χ3n) is 4.81. The van der Waals surface area contributed by atoms with Gasteiger partial charge in [0.05, 0.1) is 6.61 Å². The summed E-state index contributed by atoms with van der Waals surface area (Å²) in [4.78, 5) is 16.6. The van der Waals surface area contributed by atoms with Crippen LogP contribution in [0.2, 0.25) is 5.02 Å². The molecule has 27 heavy (non-hydrogen) atoms. The number of aromatic nitrogens is 2. The number of benzene rings is 1. The number of halogens is 1. The van der Waals surface area contributed by atoms with Crippen molar-refractivity contribution < 1.29 is 14.1 Å². The Labute approximate surface area is 164 Å². The zero-order valence-electron chi connectivity index (χ0n) is 15.6. The van der Waals surface area contributed by atoms with E-state index in [2.05, 4.69) is 15.5 Å². The zero-order chi connectivity index (χ0) is 19.1. The lowest BCUT2D eigenvalue weighted by Crippen LogP contribution is -2.27. The molecular formula is C20H26ClN3O3. The highest BCUT2D eigenvalue weighted by Crippen LogP contribution is 2.31. The molecule has 3 rings (SSSR count). The van der Waals surface area contributed by atoms with E-state index in [0.717, 1.165) is 24.4 Å². The van der Waals surface area contributed by atoms with E-state index in [1.54, 1.807) is 12.1 Å². The molecule has 0 aliphatic heterocycles. The molecule has 1 amide bonds. The van der Waals surface area contributed by atoms with Crippen LogP contribution in [-0.2, 0) is 4.79 Å². The van der Waals surface area contributed by atoms with Gasteiger partial charge in [0.2, 0.25) is 11.8 Å². The second-order valence-electron chi connectivity index (χ2n) is 7.02. The van der Waals surface area contributed by atoms with E-state index in [0.29, 0.717) is 36.3 Å². The van der Waals surface area contributed by atoms with Crippen molar-refractivity contribution in [3.8, 4) is 5.75 Å². The smallest absolute Gasteiger partial charge is 0.248 e. The van der Waals surface area contributed by atoms with Gasteiger partial charge in [0, 0.05) is 17.4 Å². The third-order valence-corrected chi connectivity index (χ3v) is 5.06. The van der Waals surface area contributed by atoms with Crippen LogP contribution < -0.4 is 10.1 Å². The van der Waals surface area contributed by atoms with Crippen molar-refractivity contribution in [3.63, 3.8) is 0 Å². The van der Waals surface area contributed by atoms with Gasteiger partial charge >= 0.3 is 0 Å². The maximum absolute atomic E-state index is 12.1. The Hall–Kier alpha value is -2.08. The van der Waals surface area contributed by atoms with Gasteiger partial charge in [0.15, 0.2) is 5.82 Å². The van der Waals surface area contributed by atoms with Gasteiger partial charge in [-0.1, -0.05) is 36.0 Å². The highest BCUT2D eigenvalue weighted by atomic mass is 35.5. The van der Waals surface area contributed by atoms with Crippen LogP contribution in [0, 0.1) is 0 Å². The van der Waals surface area contributed by atoms with Crippen LogP contribution in [0.25, 0.3) is 0 Å². The molecule has 1 heterocycles. The summed E-state index contributed by atoms with van der Waals surface area (Å²) in [5, 5.41) is 7.70. The van der Waals surface area contributed by atoms with Gasteiger partial charge in [0.1, 0.15) is 11.8 Å². The van der Waals surface area contributed by atoms with E-state index in [4.69, 9.17) is 20.9 Å². The summed E-state index contributed by atoms with van der Waals surface area (Å²) in [7, 11) is 0. The lowest BCUT2D eigenvalue weighted by Gasteiger charge is -2.17. The minimum Gasteiger partial charge on any atom is -0.494 e. The van der Waals surface area contributed by atoms with E-state index in [-0.39, 0.29) is 11.9 Å². The Balaban J connectivity index is 1.38. The van der Waals surface area contributed by atoms with Crippen molar-refractivity contribution in [2.45, 2.75) is 63.8 Å². The molecule has 1 aliphatic carbocycles. The Morgan fingerprint density at radius 2 is 2.04 bits per heavy atom. The van der Waals surface area contributed by atoms with E-state index < -0.39 is 0 Å². The quantitative estimate of drug-likeness (QED) is 0.653. The minimum absolute atomic E-state index is 0.0559. The van der Waals surface area contributed by atoms with Crippen LogP contribution in [0.4, 0.5) is 0 Å². The molecular weight excluding hydrogens is 366 g/mol. The zero-order valence-corrected chi connectivity index (χ0v) is 16.4. The summed E-state index contributed by atoms with van der Waals surface area (Å²) < 4.78 is 11.0. The topological polar surface area (TPSA) is 77.2 Å². The van der Waals surface area contributed by atoms with E-state index in [9.17, 15) is 4.79 Å². The number of rotatable bonds is 8. The number of ether oxygens (including phenoxy) is 1. The lowest BCUT2D eigenvalue weighted by atomic mass is 9.89. The number of hydrogen-bond donors (Lipinski definition) is 1. The SMILES string of the molecule is C[C@@H](NC(=O)CCCOc1ccc(Cl)cc1)c1nc(C2CCCCC2)no1. The molecule has 1 saturated carbocycles. The molecule has 1 fully saturated rings. The molecule has 1 aromatic heterocycles. The molecule has 7 heteroatoms. The first kappa shape index (κ1) is 19.7. The van der Waals surface area contributed by atoms with Gasteiger partial charge in [0.25, 0.3) is 0 Å². The maximum Gasteiger partial charge on any atom is 0.248 e. The normalized spacial score (nSPS) is 16.1. The predicted molar refractivity (Wildman–Crippen MR) is 103 cm³/mol. The highest BCUT2D eigenvalue weighted by Gasteiger charge is 2.23. The Bertz CT molecular complexity index is 726. The second kappa shape index (κ2) is 9.74. The third kappa shape index (κ3) is 5.96. The molecule has 146 valence electrons. The highest BCUT2D eigenvalue weighted by molar-refractivity contribution is 6.30. The molecule has 1 atom stereocenters. The number of nitrogens with zero attached hydrogens (tertiary/aromatic N) is 2. The number of carbonyl (C=O) groups excluding carboxylic acids is 1. The first-order valence-corrected chi connectivity index (χ1v) is 10.0. The number of amides is 1. The summed E-state index contributed by atoms with van der Waals surface area (Å²) in [5.74, 6) is 2.33. The minimum atomic E-state index is -0.292. The van der Waals surface area contributed by atoms with Crippen molar-refractivity contribution in [1.29, 1.82) is 0 Å². The summed E-state index contributed by atoms with van der Waals surface area (Å²) in [5.41, 5.74) is 0. The van der Waals surface area contributed by atoms with Gasteiger partial charge in [-0.05, 0) is 50.5 Å². The average Bonchev–Trinajstić information content (AvgIpc) is 3.18. The largest absolute Gasteiger partial charge is 0.494 e. The van der Waals surface area contributed by atoms with Crippen LogP contribution in [0.5, 0.6) is 5.75 Å². The maximum atomic E-state index is 12.1. The second-order valence-corrected chi connectivity index (χ2v) is 7.46. The van der Waals surface area contributed by atoms with Gasteiger partial charge in [-0.15, -0.1) is 0 Å². The van der Waals surface area contributed by atoms with Crippen LogP contribution in [-0.4, -0.2) is 22.7 Å². The molecule has 6 nitrogen and oxygen atoms in total. The van der Waals surface area contributed by atoms with Gasteiger partial charge in [-0.25, -0.2) is 0 Å². The van der Waals surface area contributed by atoms with Crippen LogP contribution in [0.3, 0.4) is 0 Å². The van der Waals surface area contributed by atoms with Crippen LogP contribution in [0.1, 0.15) is 75.5 Å². The Kier molecular flexibility index (Phi) is 7.10. The lowest BCUT2D eigenvalue weighted by molar-refractivity contribution is -0.122. The predicted octanol–water partition coefficient (Wildman–Crippen LogP) is 4.81. The van der Waals surface area contributed by atoms with E-state index in [1.165, 1.54) is 19.3 Å². The molecule has 0 bridgehead atoms. The van der Waals surface area contributed by atoms with Crippen molar-refractivity contribution in [2.75, 3.05) is 6.61 Å². The summed E-state index contributed by atoms with van der Waals surface area (Å²) in [6.45, 7) is 2.33. The summed E-state index contributed by atoms with van der Waals surface area (Å²) >= 11 is 5.83. The molecule has 1 N–H and O–H groups in total. The van der Waals surface area contributed by atoms with Gasteiger partial charge in [-0.3, -0.25) is 4.79 Å². The molecule has 0 radical (unpaired) electrons. The van der Waals surface area contributed by atoms with Crippen LogP contribution in [0.15, 0.2) is 28.8 Å². The van der Waals surface area contributed by atoms with Gasteiger partial charge in [-0.2, -0.15) is 4.98 Å². The fraction of sp³-hybridized carbons (Fsp3) is 0.550. The molecule has 0 saturated heterocycles. The number of nitrogens with one attached hydrogen (secondary N) is 1. The fourth-order valence-electron chi connectivity index (χ4n) is 3.28. The van der Waals surface area contributed by atoms with E-state index in [1.807, 2.05) is 19.1 Å².